The molecule has 1 aromatic heterocycles. The molecule has 2 aromatic carbocycles. The summed E-state index contributed by atoms with van der Waals surface area (Å²) in [5.41, 5.74) is 1.69. The Bertz CT molecular complexity index is 1120. The second kappa shape index (κ2) is 10.3. The first-order chi connectivity index (χ1) is 16.1. The lowest BCUT2D eigenvalue weighted by Gasteiger charge is -2.31. The molecule has 7 nitrogen and oxygen atoms in total. The van der Waals surface area contributed by atoms with E-state index in [0.717, 1.165) is 5.56 Å². The summed E-state index contributed by atoms with van der Waals surface area (Å²) in [4.78, 5) is 27.9. The van der Waals surface area contributed by atoms with Crippen molar-refractivity contribution in [2.75, 3.05) is 30.4 Å². The molecule has 0 bridgehead atoms. The molecule has 1 amide bonds. The number of nitrogens with one attached hydrogen (secondary N) is 2. The van der Waals surface area contributed by atoms with Gasteiger partial charge in [-0.2, -0.15) is 15.0 Å². The van der Waals surface area contributed by atoms with Gasteiger partial charge >= 0.3 is 0 Å². The maximum atomic E-state index is 14.3. The molecule has 0 saturated carbocycles. The molecule has 0 spiro atoms. The third-order valence-corrected chi connectivity index (χ3v) is 5.83. The van der Waals surface area contributed by atoms with Gasteiger partial charge in [-0.05, 0) is 36.1 Å². The number of hydrogen-bond acceptors (Lipinski definition) is 6. The molecule has 172 valence electrons. The van der Waals surface area contributed by atoms with Crippen LogP contribution in [-0.2, 0) is 18.0 Å². The molecule has 0 aliphatic carbocycles. The number of carbonyl (C=O) groups excluding carboxylic acids is 1. The van der Waals surface area contributed by atoms with Crippen molar-refractivity contribution in [1.82, 2.24) is 20.3 Å². The van der Waals surface area contributed by atoms with E-state index in [1.807, 2.05) is 17.0 Å². The van der Waals surface area contributed by atoms with Crippen LogP contribution in [0.2, 0.25) is 0 Å². The molecule has 1 saturated heterocycles. The monoisotopic (exact) mass is 452 g/mol. The van der Waals surface area contributed by atoms with Crippen LogP contribution in [0.15, 0.2) is 48.5 Å². The third kappa shape index (κ3) is 5.24. The molecule has 1 aliphatic heterocycles. The van der Waals surface area contributed by atoms with Crippen molar-refractivity contribution in [2.45, 2.75) is 26.1 Å². The van der Waals surface area contributed by atoms with E-state index in [0.29, 0.717) is 55.5 Å². The van der Waals surface area contributed by atoms with Crippen molar-refractivity contribution in [3.63, 3.8) is 0 Å². The second-order valence-electron chi connectivity index (χ2n) is 7.89. The number of nitrogens with zero attached hydrogens (tertiary/aromatic N) is 4. The quantitative estimate of drug-likeness (QED) is 0.569. The molecule has 3 aromatic rings. The highest BCUT2D eigenvalue weighted by Gasteiger charge is 2.27. The van der Waals surface area contributed by atoms with E-state index >= 15 is 0 Å². The number of amides is 1. The van der Waals surface area contributed by atoms with Crippen molar-refractivity contribution in [3.8, 4) is 11.4 Å². The molecular weight excluding hydrogens is 426 g/mol. The van der Waals surface area contributed by atoms with Crippen LogP contribution >= 0.6 is 0 Å². The summed E-state index contributed by atoms with van der Waals surface area (Å²) in [6.07, 6.45) is 1.26. The maximum absolute atomic E-state index is 14.3. The molecule has 0 radical (unpaired) electrons. The van der Waals surface area contributed by atoms with E-state index in [1.54, 1.807) is 37.4 Å². The zero-order chi connectivity index (χ0) is 23.2. The maximum Gasteiger partial charge on any atom is 0.230 e. The third-order valence-electron chi connectivity index (χ3n) is 5.83. The van der Waals surface area contributed by atoms with E-state index in [9.17, 15) is 13.6 Å². The second-order valence-corrected chi connectivity index (χ2v) is 7.89. The highest BCUT2D eigenvalue weighted by atomic mass is 19.1. The van der Waals surface area contributed by atoms with E-state index in [-0.39, 0.29) is 17.6 Å². The Labute approximate surface area is 191 Å². The number of hydrogen-bond donors (Lipinski definition) is 2. The minimum absolute atomic E-state index is 0.0399. The van der Waals surface area contributed by atoms with Gasteiger partial charge in [0, 0.05) is 32.6 Å². The summed E-state index contributed by atoms with van der Waals surface area (Å²) in [6.45, 7) is 0.927. The van der Waals surface area contributed by atoms with Crippen LogP contribution in [0.3, 0.4) is 0 Å². The van der Waals surface area contributed by atoms with E-state index in [1.165, 1.54) is 6.07 Å². The standard InChI is InChI=1S/C24H26F2N6O/c1-27-23-29-21(19-8-4-5-9-20(19)26)30-24(31-23)32-12-10-16(11-13-32)22(33)28-15-18-7-3-2-6-17(18)14-25/h2-9,16H,10-15H2,1H3,(H,28,33)(H,27,29,30,31). The predicted molar refractivity (Wildman–Crippen MR) is 123 cm³/mol. The first-order valence-corrected chi connectivity index (χ1v) is 10.9. The van der Waals surface area contributed by atoms with E-state index < -0.39 is 12.5 Å². The predicted octanol–water partition coefficient (Wildman–Crippen LogP) is 3.72. The number of halogens is 2. The Kier molecular flexibility index (Phi) is 7.07. The number of alkyl halides is 1. The van der Waals surface area contributed by atoms with Gasteiger partial charge in [-0.1, -0.05) is 36.4 Å². The molecule has 1 aliphatic rings. The van der Waals surface area contributed by atoms with Crippen LogP contribution in [0.25, 0.3) is 11.4 Å². The summed E-state index contributed by atoms with van der Waals surface area (Å²) in [5, 5.41) is 5.84. The molecule has 0 atom stereocenters. The van der Waals surface area contributed by atoms with Crippen molar-refractivity contribution in [1.29, 1.82) is 0 Å². The normalized spacial score (nSPS) is 14.2. The van der Waals surface area contributed by atoms with Gasteiger partial charge in [-0.25, -0.2) is 8.78 Å². The fourth-order valence-electron chi connectivity index (χ4n) is 3.91. The first-order valence-electron chi connectivity index (χ1n) is 10.9. The number of anilines is 2. The van der Waals surface area contributed by atoms with Gasteiger partial charge in [0.15, 0.2) is 5.82 Å². The molecule has 2 N–H and O–H groups in total. The SMILES string of the molecule is CNc1nc(-c2ccccc2F)nc(N2CCC(C(=O)NCc3ccccc3CF)CC2)n1. The average Bonchev–Trinajstić information content (AvgIpc) is 2.87. The fourth-order valence-corrected chi connectivity index (χ4v) is 3.91. The molecule has 1 fully saturated rings. The van der Waals surface area contributed by atoms with Gasteiger partial charge < -0.3 is 15.5 Å². The van der Waals surface area contributed by atoms with Crippen LogP contribution in [-0.4, -0.2) is 41.0 Å². The van der Waals surface area contributed by atoms with Crippen LogP contribution in [0, 0.1) is 11.7 Å². The summed E-state index contributed by atoms with van der Waals surface area (Å²) >= 11 is 0. The summed E-state index contributed by atoms with van der Waals surface area (Å²) in [5.74, 6) is 0.473. The Morgan fingerprint density at radius 3 is 2.42 bits per heavy atom. The van der Waals surface area contributed by atoms with Crippen molar-refractivity contribution in [2.24, 2.45) is 5.92 Å². The van der Waals surface area contributed by atoms with E-state index in [4.69, 9.17) is 0 Å². The summed E-state index contributed by atoms with van der Waals surface area (Å²) < 4.78 is 27.4. The van der Waals surface area contributed by atoms with Crippen molar-refractivity contribution >= 4 is 17.8 Å². The van der Waals surface area contributed by atoms with Gasteiger partial charge in [0.2, 0.25) is 17.8 Å². The Morgan fingerprint density at radius 1 is 1.03 bits per heavy atom. The van der Waals surface area contributed by atoms with Crippen LogP contribution in [0.4, 0.5) is 20.7 Å². The van der Waals surface area contributed by atoms with Crippen molar-refractivity contribution in [3.05, 3.63) is 65.5 Å². The fraction of sp³-hybridized carbons (Fsp3) is 0.333. The Hall–Kier alpha value is -3.62. The number of benzene rings is 2. The van der Waals surface area contributed by atoms with Gasteiger partial charge in [0.05, 0.1) is 5.56 Å². The smallest absolute Gasteiger partial charge is 0.230 e. The van der Waals surface area contributed by atoms with Gasteiger partial charge in [-0.15, -0.1) is 0 Å². The zero-order valence-electron chi connectivity index (χ0n) is 18.4. The first kappa shape index (κ1) is 22.6. The van der Waals surface area contributed by atoms with Crippen LogP contribution in [0.5, 0.6) is 0 Å². The molecule has 33 heavy (non-hydrogen) atoms. The molecule has 9 heteroatoms. The topological polar surface area (TPSA) is 83.0 Å². The van der Waals surface area contributed by atoms with Gasteiger partial charge in [-0.3, -0.25) is 4.79 Å². The Balaban J connectivity index is 1.41. The average molecular weight is 453 g/mol. The van der Waals surface area contributed by atoms with Crippen LogP contribution in [0.1, 0.15) is 24.0 Å². The lowest BCUT2D eigenvalue weighted by molar-refractivity contribution is -0.125. The number of rotatable bonds is 7. The highest BCUT2D eigenvalue weighted by Crippen LogP contribution is 2.25. The lowest BCUT2D eigenvalue weighted by Crippen LogP contribution is -2.41. The molecule has 0 unspecified atom stereocenters. The highest BCUT2D eigenvalue weighted by molar-refractivity contribution is 5.79. The number of aromatic nitrogens is 3. The number of piperidine rings is 1. The van der Waals surface area contributed by atoms with Crippen molar-refractivity contribution < 1.29 is 13.6 Å². The Morgan fingerprint density at radius 2 is 1.73 bits per heavy atom. The minimum Gasteiger partial charge on any atom is -0.357 e. The molecule has 4 rings (SSSR count). The summed E-state index contributed by atoms with van der Waals surface area (Å²) in [6, 6.07) is 13.5. The molecular formula is C24H26F2N6O. The largest absolute Gasteiger partial charge is 0.357 e. The zero-order valence-corrected chi connectivity index (χ0v) is 18.4. The number of carbonyl (C=O) groups is 1. The van der Waals surface area contributed by atoms with Gasteiger partial charge in [0.25, 0.3) is 0 Å². The van der Waals surface area contributed by atoms with E-state index in [2.05, 4.69) is 25.6 Å². The minimum atomic E-state index is -0.556. The molecule has 2 heterocycles. The van der Waals surface area contributed by atoms with Gasteiger partial charge in [0.1, 0.15) is 12.5 Å². The lowest BCUT2D eigenvalue weighted by atomic mass is 9.96. The van der Waals surface area contributed by atoms with Crippen LogP contribution < -0.4 is 15.5 Å². The summed E-state index contributed by atoms with van der Waals surface area (Å²) in [7, 11) is 1.70.